The SMILES string of the molecule is Cc1ccc(Cc2cc[n+](CCSCCCSCC[n+]3ccc(Cc4ccc(C)cc4)cc3)cc2)cc1. The molecule has 2 aromatic carbocycles. The Hall–Kier alpha value is -2.56. The second-order valence-corrected chi connectivity index (χ2v) is 12.2. The molecule has 0 radical (unpaired) electrons. The molecule has 0 fully saturated rings. The highest BCUT2D eigenvalue weighted by atomic mass is 32.2. The predicted molar refractivity (Wildman–Crippen MR) is 161 cm³/mol. The zero-order valence-corrected chi connectivity index (χ0v) is 23.9. The fourth-order valence-corrected chi connectivity index (χ4v) is 6.17. The van der Waals surface area contributed by atoms with E-state index in [1.165, 1.54) is 62.8 Å². The Morgan fingerprint density at radius 1 is 0.459 bits per heavy atom. The molecular formula is C33H40N2S2+2. The van der Waals surface area contributed by atoms with Crippen molar-refractivity contribution in [3.63, 3.8) is 0 Å². The number of rotatable bonds is 14. The average Bonchev–Trinajstić information content (AvgIpc) is 2.92. The van der Waals surface area contributed by atoms with Gasteiger partial charge >= 0.3 is 0 Å². The van der Waals surface area contributed by atoms with Gasteiger partial charge < -0.3 is 0 Å². The summed E-state index contributed by atoms with van der Waals surface area (Å²) in [6, 6.07) is 26.7. The molecule has 4 aromatic rings. The summed E-state index contributed by atoms with van der Waals surface area (Å²) in [4.78, 5) is 0. The van der Waals surface area contributed by atoms with Crippen molar-refractivity contribution in [2.45, 2.75) is 46.2 Å². The van der Waals surface area contributed by atoms with Gasteiger partial charge in [-0.3, -0.25) is 0 Å². The lowest BCUT2D eigenvalue weighted by molar-refractivity contribution is -0.692. The van der Waals surface area contributed by atoms with Crippen LogP contribution in [0.15, 0.2) is 97.6 Å². The Labute approximate surface area is 232 Å². The average molecular weight is 529 g/mol. The lowest BCUT2D eigenvalue weighted by Gasteiger charge is -2.04. The number of aryl methyl sites for hydroxylation is 4. The van der Waals surface area contributed by atoms with E-state index in [-0.39, 0.29) is 0 Å². The second-order valence-electron chi connectivity index (χ2n) is 9.79. The summed E-state index contributed by atoms with van der Waals surface area (Å²) in [5, 5.41) is 0. The third kappa shape index (κ3) is 10.0. The van der Waals surface area contributed by atoms with Crippen LogP contribution in [0.1, 0.15) is 39.8 Å². The largest absolute Gasteiger partial charge is 0.204 e. The van der Waals surface area contributed by atoms with Gasteiger partial charge in [-0.1, -0.05) is 59.7 Å². The van der Waals surface area contributed by atoms with Gasteiger partial charge in [0.05, 0.1) is 11.5 Å². The summed E-state index contributed by atoms with van der Waals surface area (Å²) in [7, 11) is 0. The molecule has 0 amide bonds. The third-order valence-corrected chi connectivity index (χ3v) is 8.64. The maximum Gasteiger partial charge on any atom is 0.169 e. The number of hydrogen-bond donors (Lipinski definition) is 0. The smallest absolute Gasteiger partial charge is 0.169 e. The highest BCUT2D eigenvalue weighted by molar-refractivity contribution is 8.00. The summed E-state index contributed by atoms with van der Waals surface area (Å²) in [6.07, 6.45) is 12.2. The Bertz CT molecular complexity index is 1090. The van der Waals surface area contributed by atoms with Crippen molar-refractivity contribution >= 4 is 23.5 Å². The van der Waals surface area contributed by atoms with Crippen molar-refractivity contribution in [2.24, 2.45) is 0 Å². The molecule has 0 saturated heterocycles. The monoisotopic (exact) mass is 528 g/mol. The number of benzene rings is 2. The minimum absolute atomic E-state index is 1.01. The van der Waals surface area contributed by atoms with E-state index >= 15 is 0 Å². The fraction of sp³-hybridized carbons (Fsp3) is 0.333. The van der Waals surface area contributed by atoms with E-state index in [1.807, 2.05) is 0 Å². The van der Waals surface area contributed by atoms with Crippen LogP contribution in [0.5, 0.6) is 0 Å². The molecule has 0 spiro atoms. The van der Waals surface area contributed by atoms with Gasteiger partial charge in [-0.25, -0.2) is 9.13 Å². The summed E-state index contributed by atoms with van der Waals surface area (Å²) < 4.78 is 4.62. The van der Waals surface area contributed by atoms with Crippen LogP contribution in [-0.2, 0) is 25.9 Å². The van der Waals surface area contributed by atoms with Crippen LogP contribution in [0.4, 0.5) is 0 Å². The van der Waals surface area contributed by atoms with Crippen LogP contribution in [0.3, 0.4) is 0 Å². The highest BCUT2D eigenvalue weighted by Crippen LogP contribution is 2.11. The molecular weight excluding hydrogens is 489 g/mol. The third-order valence-electron chi connectivity index (χ3n) is 6.54. The van der Waals surface area contributed by atoms with E-state index in [0.717, 1.165) is 25.9 Å². The van der Waals surface area contributed by atoms with Crippen LogP contribution in [0.25, 0.3) is 0 Å². The van der Waals surface area contributed by atoms with Crippen LogP contribution < -0.4 is 9.13 Å². The van der Waals surface area contributed by atoms with E-state index < -0.39 is 0 Å². The summed E-state index contributed by atoms with van der Waals surface area (Å²) >= 11 is 4.15. The standard InChI is InChI=1S/C33H40N2S2/c1-28-4-8-30(9-5-28)26-32-12-16-34(17-13-32)20-24-36-22-3-23-37-25-21-35-18-14-33(15-19-35)27-31-10-6-29(2)7-11-31/h4-19H,3,20-27H2,1-2H3/q+2. The van der Waals surface area contributed by atoms with Crippen molar-refractivity contribution in [1.82, 2.24) is 0 Å². The van der Waals surface area contributed by atoms with Gasteiger partial charge in [0.15, 0.2) is 37.9 Å². The molecule has 37 heavy (non-hydrogen) atoms. The van der Waals surface area contributed by atoms with Gasteiger partial charge in [0.25, 0.3) is 0 Å². The zero-order valence-electron chi connectivity index (χ0n) is 22.3. The molecule has 0 unspecified atom stereocenters. The van der Waals surface area contributed by atoms with Crippen LogP contribution in [0.2, 0.25) is 0 Å². The number of thioether (sulfide) groups is 2. The van der Waals surface area contributed by atoms with Crippen LogP contribution >= 0.6 is 23.5 Å². The van der Waals surface area contributed by atoms with E-state index in [4.69, 9.17) is 0 Å². The molecule has 0 aliphatic carbocycles. The molecule has 0 aliphatic rings. The van der Waals surface area contributed by atoms with Gasteiger partial charge in [-0.2, -0.15) is 23.5 Å². The van der Waals surface area contributed by atoms with E-state index in [2.05, 4.69) is 144 Å². The molecule has 4 heteroatoms. The molecule has 192 valence electrons. The normalized spacial score (nSPS) is 11.1. The molecule has 0 aliphatic heterocycles. The first-order valence-corrected chi connectivity index (χ1v) is 15.7. The topological polar surface area (TPSA) is 7.76 Å². The molecule has 2 nitrogen and oxygen atoms in total. The number of hydrogen-bond acceptors (Lipinski definition) is 2. The Balaban J connectivity index is 1.02. The zero-order chi connectivity index (χ0) is 25.7. The fourth-order valence-electron chi connectivity index (χ4n) is 4.20. The first kappa shape index (κ1) is 27.5. The second kappa shape index (κ2) is 15.0. The predicted octanol–water partition coefficient (Wildman–Crippen LogP) is 6.62. The summed E-state index contributed by atoms with van der Waals surface area (Å²) in [5.41, 5.74) is 8.15. The molecule has 0 N–H and O–H groups in total. The van der Waals surface area contributed by atoms with Crippen molar-refractivity contribution in [1.29, 1.82) is 0 Å². The molecule has 0 atom stereocenters. The molecule has 2 heterocycles. The van der Waals surface area contributed by atoms with Crippen molar-refractivity contribution in [3.8, 4) is 0 Å². The van der Waals surface area contributed by atoms with Gasteiger partial charge in [0, 0.05) is 24.3 Å². The van der Waals surface area contributed by atoms with Gasteiger partial charge in [0.2, 0.25) is 0 Å². The number of aromatic nitrogens is 2. The number of pyridine rings is 2. The maximum atomic E-state index is 2.31. The Morgan fingerprint density at radius 3 is 1.19 bits per heavy atom. The lowest BCUT2D eigenvalue weighted by atomic mass is 10.0. The summed E-state index contributed by atoms with van der Waals surface area (Å²) in [5.74, 6) is 4.86. The van der Waals surface area contributed by atoms with E-state index in [1.54, 1.807) is 0 Å². The molecule has 0 bridgehead atoms. The number of nitrogens with zero attached hydrogens (tertiary/aromatic N) is 2. The van der Waals surface area contributed by atoms with Gasteiger partial charge in [0.1, 0.15) is 0 Å². The first-order valence-electron chi connectivity index (χ1n) is 13.4. The molecule has 4 rings (SSSR count). The first-order chi connectivity index (χ1) is 18.1. The van der Waals surface area contributed by atoms with E-state index in [0.29, 0.717) is 0 Å². The van der Waals surface area contributed by atoms with Gasteiger partial charge in [-0.15, -0.1) is 0 Å². The van der Waals surface area contributed by atoms with Crippen molar-refractivity contribution < 1.29 is 9.13 Å². The van der Waals surface area contributed by atoms with Crippen molar-refractivity contribution in [2.75, 3.05) is 23.0 Å². The quantitative estimate of drug-likeness (QED) is 0.134. The Morgan fingerprint density at radius 2 is 0.811 bits per heavy atom. The van der Waals surface area contributed by atoms with Crippen LogP contribution in [-0.4, -0.2) is 23.0 Å². The van der Waals surface area contributed by atoms with E-state index in [9.17, 15) is 0 Å². The van der Waals surface area contributed by atoms with Gasteiger partial charge in [-0.05, 0) is 66.9 Å². The lowest BCUT2D eigenvalue weighted by Crippen LogP contribution is -2.34. The Kier molecular flexibility index (Phi) is 11.1. The summed E-state index contributed by atoms with van der Waals surface area (Å²) in [6.45, 7) is 6.44. The minimum atomic E-state index is 1.01. The minimum Gasteiger partial charge on any atom is -0.204 e. The molecule has 2 aromatic heterocycles. The maximum absolute atomic E-state index is 2.31. The van der Waals surface area contributed by atoms with Crippen LogP contribution in [0, 0.1) is 13.8 Å². The van der Waals surface area contributed by atoms with Crippen molar-refractivity contribution in [3.05, 3.63) is 131 Å². The highest BCUT2D eigenvalue weighted by Gasteiger charge is 2.04. The molecule has 0 saturated carbocycles.